The number of aliphatic carboxylic acids is 1. The zero-order chi connectivity index (χ0) is 31.3. The maximum Gasteiger partial charge on any atom is 0.335 e. The molecule has 0 spiro atoms. The molecule has 2 aliphatic heterocycles. The molecule has 2 aliphatic rings. The summed E-state index contributed by atoms with van der Waals surface area (Å²) in [5, 5.41) is 91.2. The number of carboxylic acid groups (broad SMARTS) is 1. The van der Waals surface area contributed by atoms with E-state index in [0.717, 1.165) is 12.1 Å². The van der Waals surface area contributed by atoms with Gasteiger partial charge >= 0.3 is 5.97 Å². The van der Waals surface area contributed by atoms with Gasteiger partial charge in [-0.15, -0.1) is 0 Å². The van der Waals surface area contributed by atoms with Crippen molar-refractivity contribution in [3.05, 3.63) is 46.6 Å². The lowest BCUT2D eigenvalue weighted by atomic mass is 9.97. The highest BCUT2D eigenvalue weighted by molar-refractivity contribution is 5.88. The zero-order valence-corrected chi connectivity index (χ0v) is 22.1. The first-order valence-corrected chi connectivity index (χ1v) is 12.9. The zero-order valence-electron chi connectivity index (χ0n) is 22.1. The fourth-order valence-corrected chi connectivity index (χ4v) is 4.86. The number of aromatic hydroxyl groups is 3. The van der Waals surface area contributed by atoms with Crippen LogP contribution in [0.15, 0.2) is 45.6 Å². The molecule has 2 fully saturated rings. The quantitative estimate of drug-likeness (QED) is 0.157. The number of benzene rings is 2. The van der Waals surface area contributed by atoms with Gasteiger partial charge in [0.2, 0.25) is 17.5 Å². The van der Waals surface area contributed by atoms with E-state index < -0.39 is 95.4 Å². The Morgan fingerprint density at radius 2 is 1.49 bits per heavy atom. The van der Waals surface area contributed by atoms with Crippen molar-refractivity contribution in [1.29, 1.82) is 0 Å². The normalized spacial score (nSPS) is 32.9. The number of aliphatic hydroxyl groups is 5. The van der Waals surface area contributed by atoms with Gasteiger partial charge in [0.25, 0.3) is 0 Å². The van der Waals surface area contributed by atoms with Gasteiger partial charge in [0.1, 0.15) is 58.7 Å². The number of hydrogen-bond donors (Lipinski definition) is 9. The molecule has 5 rings (SSSR count). The van der Waals surface area contributed by atoms with Gasteiger partial charge in [-0.05, 0) is 31.2 Å². The number of ether oxygens (including phenoxy) is 4. The molecule has 10 atom stereocenters. The molecule has 1 aromatic heterocycles. The van der Waals surface area contributed by atoms with Crippen LogP contribution in [0.1, 0.15) is 6.92 Å². The van der Waals surface area contributed by atoms with Gasteiger partial charge in [0, 0.05) is 17.7 Å². The summed E-state index contributed by atoms with van der Waals surface area (Å²) in [4.78, 5) is 25.5. The summed E-state index contributed by atoms with van der Waals surface area (Å²) < 4.78 is 28.0. The summed E-state index contributed by atoms with van der Waals surface area (Å²) in [6.45, 7) is 1.35. The predicted octanol–water partition coefficient (Wildman–Crippen LogP) is -1.30. The third-order valence-electron chi connectivity index (χ3n) is 7.17. The van der Waals surface area contributed by atoms with Crippen LogP contribution in [0, 0.1) is 0 Å². The fraction of sp³-hybridized carbons (Fsp3) is 0.407. The van der Waals surface area contributed by atoms with E-state index in [2.05, 4.69) is 0 Å². The average molecular weight is 609 g/mol. The third-order valence-corrected chi connectivity index (χ3v) is 7.17. The van der Waals surface area contributed by atoms with Crippen LogP contribution >= 0.6 is 0 Å². The molecule has 0 saturated carbocycles. The molecule has 0 unspecified atom stereocenters. The highest BCUT2D eigenvalue weighted by Crippen LogP contribution is 2.38. The second-order valence-corrected chi connectivity index (χ2v) is 10.1. The Kier molecular flexibility index (Phi) is 8.21. The van der Waals surface area contributed by atoms with Gasteiger partial charge in [-0.2, -0.15) is 0 Å². The Bertz CT molecular complexity index is 1550. The molecule has 0 aliphatic carbocycles. The summed E-state index contributed by atoms with van der Waals surface area (Å²) in [6.07, 6.45) is -18.3. The van der Waals surface area contributed by atoms with Crippen LogP contribution in [0.3, 0.4) is 0 Å². The Balaban J connectivity index is 1.62. The Hall–Kier alpha value is -4.00. The second kappa shape index (κ2) is 11.6. The molecule has 232 valence electrons. The fourth-order valence-electron chi connectivity index (χ4n) is 4.86. The maximum absolute atomic E-state index is 13.7. The number of aliphatic hydroxyl groups excluding tert-OH is 5. The van der Waals surface area contributed by atoms with Gasteiger partial charge < -0.3 is 69.3 Å². The molecule has 43 heavy (non-hydrogen) atoms. The van der Waals surface area contributed by atoms with Crippen molar-refractivity contribution >= 4 is 16.9 Å². The van der Waals surface area contributed by atoms with Crippen LogP contribution in [0.5, 0.6) is 23.0 Å². The summed E-state index contributed by atoms with van der Waals surface area (Å²) in [7, 11) is 0. The van der Waals surface area contributed by atoms with Crippen molar-refractivity contribution in [2.45, 2.75) is 68.3 Å². The van der Waals surface area contributed by atoms with Crippen molar-refractivity contribution in [2.75, 3.05) is 0 Å². The number of rotatable bonds is 6. The van der Waals surface area contributed by atoms with Gasteiger partial charge in [-0.3, -0.25) is 4.79 Å². The first-order chi connectivity index (χ1) is 20.3. The molecule has 2 aromatic carbocycles. The van der Waals surface area contributed by atoms with E-state index in [4.69, 9.17) is 23.4 Å². The van der Waals surface area contributed by atoms with Crippen LogP contribution in [-0.2, 0) is 19.0 Å². The Labute approximate surface area is 240 Å². The van der Waals surface area contributed by atoms with Gasteiger partial charge in [-0.1, -0.05) is 0 Å². The van der Waals surface area contributed by atoms with E-state index in [9.17, 15) is 55.5 Å². The first kappa shape index (κ1) is 30.5. The Morgan fingerprint density at radius 3 is 2.14 bits per heavy atom. The predicted molar refractivity (Wildman–Crippen MR) is 139 cm³/mol. The van der Waals surface area contributed by atoms with Crippen molar-refractivity contribution in [3.8, 4) is 34.3 Å². The van der Waals surface area contributed by atoms with Crippen molar-refractivity contribution in [1.82, 2.24) is 0 Å². The molecule has 0 radical (unpaired) electrons. The number of phenolic OH excluding ortho intramolecular Hbond substituents is 3. The topological polar surface area (TPSA) is 266 Å². The molecule has 3 aromatic rings. The van der Waals surface area contributed by atoms with Crippen LogP contribution < -0.4 is 10.2 Å². The standard InChI is InChI=1S/C27H28O16/c1-8-15(31)17(33)20(36)26(39-8)43-24-19(35)18(34)23(25(37)38)42-27(24)41-22-16(32)14-12(30)6-11(29)7-13(14)40-21(22)9-2-4-10(28)5-3-9/h2-8,15,17-20,23-24,26-31,33-36H,1H3,(H,37,38)/t8-,15+,17-,18+,19+,20-,23+,24+,26+,27-/m1/s1. The summed E-state index contributed by atoms with van der Waals surface area (Å²) >= 11 is 0. The van der Waals surface area contributed by atoms with Crippen molar-refractivity contribution < 1.29 is 74.1 Å². The van der Waals surface area contributed by atoms with Crippen molar-refractivity contribution in [2.24, 2.45) is 0 Å². The summed E-state index contributed by atoms with van der Waals surface area (Å²) in [6, 6.07) is 7.03. The number of phenols is 3. The monoisotopic (exact) mass is 608 g/mol. The largest absolute Gasteiger partial charge is 0.508 e. The van der Waals surface area contributed by atoms with E-state index >= 15 is 0 Å². The molecule has 0 bridgehead atoms. The SMILES string of the molecule is C[C@H]1O[C@@H](O[C@@H]2[C@H](Oc3c(-c4ccc(O)cc4)oc4cc(O)cc(O)c4c3=O)O[C@H](C(=O)O)[C@@H](O)[C@@H]2O)[C@H](O)[C@H](O)[C@H]1O. The third kappa shape index (κ3) is 5.57. The second-order valence-electron chi connectivity index (χ2n) is 10.1. The van der Waals surface area contributed by atoms with E-state index in [1.165, 1.54) is 31.2 Å². The molecule has 3 heterocycles. The van der Waals surface area contributed by atoms with E-state index in [0.29, 0.717) is 0 Å². The highest BCUT2D eigenvalue weighted by atomic mass is 16.8. The lowest BCUT2D eigenvalue weighted by Gasteiger charge is -2.45. The lowest BCUT2D eigenvalue weighted by molar-refractivity contribution is -0.351. The number of hydrogen-bond acceptors (Lipinski definition) is 15. The van der Waals surface area contributed by atoms with E-state index in [1.807, 2.05) is 0 Å². The van der Waals surface area contributed by atoms with Crippen LogP contribution in [0.25, 0.3) is 22.3 Å². The van der Waals surface area contributed by atoms with E-state index in [1.54, 1.807) is 0 Å². The molecule has 2 saturated heterocycles. The minimum Gasteiger partial charge on any atom is -0.508 e. The van der Waals surface area contributed by atoms with Crippen LogP contribution in [0.2, 0.25) is 0 Å². The minimum absolute atomic E-state index is 0.121. The van der Waals surface area contributed by atoms with Crippen molar-refractivity contribution in [3.63, 3.8) is 0 Å². The molecular formula is C27H28O16. The molecular weight excluding hydrogens is 580 g/mol. The molecule has 9 N–H and O–H groups in total. The average Bonchev–Trinajstić information content (AvgIpc) is 2.95. The van der Waals surface area contributed by atoms with Gasteiger partial charge in [-0.25, -0.2) is 4.79 Å². The number of fused-ring (bicyclic) bond motifs is 1. The van der Waals surface area contributed by atoms with Crippen LogP contribution in [-0.4, -0.2) is 113 Å². The molecule has 0 amide bonds. The smallest absolute Gasteiger partial charge is 0.335 e. The summed E-state index contributed by atoms with van der Waals surface area (Å²) in [5.41, 5.74) is -1.21. The van der Waals surface area contributed by atoms with Crippen LogP contribution in [0.4, 0.5) is 0 Å². The number of carboxylic acids is 1. The summed E-state index contributed by atoms with van der Waals surface area (Å²) in [5.74, 6) is -4.09. The van der Waals surface area contributed by atoms with Gasteiger partial charge in [0.15, 0.2) is 24.3 Å². The minimum atomic E-state index is -2.12. The molecule has 16 nitrogen and oxygen atoms in total. The molecule has 16 heteroatoms. The van der Waals surface area contributed by atoms with Gasteiger partial charge in [0.05, 0.1) is 6.10 Å². The highest BCUT2D eigenvalue weighted by Gasteiger charge is 2.53. The lowest BCUT2D eigenvalue weighted by Crippen LogP contribution is -2.65. The maximum atomic E-state index is 13.7. The number of carbonyl (C=O) groups is 1. The Morgan fingerprint density at radius 1 is 0.814 bits per heavy atom. The van der Waals surface area contributed by atoms with E-state index in [-0.39, 0.29) is 22.7 Å². The first-order valence-electron chi connectivity index (χ1n) is 12.9.